The summed E-state index contributed by atoms with van der Waals surface area (Å²) in [5.74, 6) is 0.399. The van der Waals surface area contributed by atoms with Crippen LogP contribution in [0.3, 0.4) is 0 Å². The van der Waals surface area contributed by atoms with Gasteiger partial charge in [-0.3, -0.25) is 0 Å². The first-order valence-corrected chi connectivity index (χ1v) is 13.0. The number of carbonyl (C=O) groups excluding carboxylic acids is 1. The van der Waals surface area contributed by atoms with Crippen LogP contribution in [0.2, 0.25) is 0 Å². The topological polar surface area (TPSA) is 26.3 Å². The third-order valence-electron chi connectivity index (χ3n) is 4.52. The molecular weight excluding hydrogens is 380 g/mol. The van der Waals surface area contributed by atoms with Gasteiger partial charge in [0.05, 0.1) is 0 Å². The minimum Gasteiger partial charge on any atom is -0.461 e. The first-order chi connectivity index (χ1) is 13.6. The van der Waals surface area contributed by atoms with E-state index in [0.717, 1.165) is 5.75 Å². The SMILES string of the molecule is C=C(C)C(=O)OCCS[Si](c1ccccc1)(c1ccccc1)c1ccccc1. The molecule has 0 radical (unpaired) electrons. The van der Waals surface area contributed by atoms with Gasteiger partial charge in [-0.2, -0.15) is 11.2 Å². The minimum absolute atomic E-state index is 0.327. The van der Waals surface area contributed by atoms with Gasteiger partial charge in [0.1, 0.15) is 6.61 Å². The Labute approximate surface area is 171 Å². The van der Waals surface area contributed by atoms with E-state index in [-0.39, 0.29) is 5.97 Å². The highest BCUT2D eigenvalue weighted by molar-refractivity contribution is 8.33. The predicted molar refractivity (Wildman–Crippen MR) is 122 cm³/mol. The number of ether oxygens (including phenoxy) is 1. The van der Waals surface area contributed by atoms with Gasteiger partial charge in [-0.1, -0.05) is 97.6 Å². The molecule has 0 saturated heterocycles. The van der Waals surface area contributed by atoms with Crippen molar-refractivity contribution in [1.29, 1.82) is 0 Å². The Balaban J connectivity index is 2.01. The number of esters is 1. The standard InChI is InChI=1S/C24H24O2SSi/c1-20(2)24(25)26-18-19-27-28(21-12-6-3-7-13-21,22-14-8-4-9-15-22)23-16-10-5-11-17-23/h3-17H,1,18-19H2,2H3. The van der Waals surface area contributed by atoms with E-state index in [4.69, 9.17) is 4.74 Å². The lowest BCUT2D eigenvalue weighted by atomic mass is 10.3. The Morgan fingerprint density at radius 1 is 0.821 bits per heavy atom. The highest BCUT2D eigenvalue weighted by Crippen LogP contribution is 2.21. The molecule has 142 valence electrons. The summed E-state index contributed by atoms with van der Waals surface area (Å²) >= 11 is 1.91. The fraction of sp³-hybridized carbons (Fsp3) is 0.125. The zero-order valence-electron chi connectivity index (χ0n) is 16.0. The Hall–Kier alpha value is -2.56. The Morgan fingerprint density at radius 2 is 1.21 bits per heavy atom. The quantitative estimate of drug-likeness (QED) is 0.189. The van der Waals surface area contributed by atoms with Gasteiger partial charge in [-0.05, 0) is 22.5 Å². The van der Waals surface area contributed by atoms with Gasteiger partial charge in [-0.15, -0.1) is 0 Å². The van der Waals surface area contributed by atoms with Crippen LogP contribution >= 0.6 is 11.2 Å². The highest BCUT2D eigenvalue weighted by Gasteiger charge is 2.40. The molecule has 0 aliphatic heterocycles. The van der Waals surface area contributed by atoms with Gasteiger partial charge in [-0.25, -0.2) is 4.79 Å². The van der Waals surface area contributed by atoms with E-state index < -0.39 is 7.22 Å². The molecule has 0 saturated carbocycles. The van der Waals surface area contributed by atoms with E-state index in [1.54, 1.807) is 6.92 Å². The van der Waals surface area contributed by atoms with Crippen molar-refractivity contribution in [3.05, 3.63) is 103 Å². The molecule has 2 nitrogen and oxygen atoms in total. The maximum Gasteiger partial charge on any atom is 0.333 e. The lowest BCUT2D eigenvalue weighted by molar-refractivity contribution is -0.138. The molecule has 0 atom stereocenters. The summed E-state index contributed by atoms with van der Waals surface area (Å²) in [6.45, 7) is 5.70. The molecule has 28 heavy (non-hydrogen) atoms. The molecular formula is C24H24O2SSi. The molecule has 3 aromatic carbocycles. The minimum atomic E-state index is -2.32. The van der Waals surface area contributed by atoms with E-state index >= 15 is 0 Å². The van der Waals surface area contributed by atoms with Crippen molar-refractivity contribution in [3.8, 4) is 0 Å². The molecule has 4 heteroatoms. The van der Waals surface area contributed by atoms with Gasteiger partial charge in [0.2, 0.25) is 7.22 Å². The normalized spacial score (nSPS) is 11.0. The molecule has 0 aliphatic carbocycles. The van der Waals surface area contributed by atoms with Crippen molar-refractivity contribution in [2.75, 3.05) is 12.4 Å². The molecule has 0 aliphatic rings. The summed E-state index contributed by atoms with van der Waals surface area (Å²) in [5, 5.41) is 4.01. The summed E-state index contributed by atoms with van der Waals surface area (Å²) in [6.07, 6.45) is 0. The Morgan fingerprint density at radius 3 is 1.57 bits per heavy atom. The maximum absolute atomic E-state index is 11.8. The molecule has 0 N–H and O–H groups in total. The molecule has 3 aromatic rings. The molecule has 0 bridgehead atoms. The van der Waals surface area contributed by atoms with Crippen LogP contribution in [-0.2, 0) is 9.53 Å². The molecule has 0 unspecified atom stereocenters. The zero-order chi connectivity index (χ0) is 19.8. The van der Waals surface area contributed by atoms with Crippen LogP contribution in [0.15, 0.2) is 103 Å². The first kappa shape index (κ1) is 20.2. The molecule has 0 fully saturated rings. The van der Waals surface area contributed by atoms with Crippen molar-refractivity contribution in [1.82, 2.24) is 0 Å². The van der Waals surface area contributed by atoms with Crippen molar-refractivity contribution in [2.24, 2.45) is 0 Å². The van der Waals surface area contributed by atoms with Gasteiger partial charge in [0.15, 0.2) is 0 Å². The van der Waals surface area contributed by atoms with Crippen LogP contribution in [0, 0.1) is 0 Å². The van der Waals surface area contributed by atoms with Crippen molar-refractivity contribution < 1.29 is 9.53 Å². The van der Waals surface area contributed by atoms with E-state index in [2.05, 4.69) is 97.6 Å². The summed E-state index contributed by atoms with van der Waals surface area (Å²) in [5.41, 5.74) is 0.433. The van der Waals surface area contributed by atoms with E-state index in [0.29, 0.717) is 12.2 Å². The van der Waals surface area contributed by atoms with Crippen LogP contribution < -0.4 is 15.6 Å². The van der Waals surface area contributed by atoms with Crippen LogP contribution in [0.1, 0.15) is 6.92 Å². The average molecular weight is 405 g/mol. The Kier molecular flexibility index (Phi) is 6.90. The third kappa shape index (κ3) is 4.46. The first-order valence-electron chi connectivity index (χ1n) is 9.28. The van der Waals surface area contributed by atoms with Gasteiger partial charge in [0.25, 0.3) is 0 Å². The number of benzene rings is 3. The van der Waals surface area contributed by atoms with Crippen LogP contribution in [0.25, 0.3) is 0 Å². The number of rotatable bonds is 8. The third-order valence-corrected chi connectivity index (χ3v) is 12.8. The second kappa shape index (κ2) is 9.58. The summed E-state index contributed by atoms with van der Waals surface area (Å²) in [7, 11) is -2.32. The average Bonchev–Trinajstić information content (AvgIpc) is 2.75. The lowest BCUT2D eigenvalue weighted by Crippen LogP contribution is -2.65. The molecule has 0 amide bonds. The monoisotopic (exact) mass is 404 g/mol. The van der Waals surface area contributed by atoms with Crippen molar-refractivity contribution in [2.45, 2.75) is 6.92 Å². The van der Waals surface area contributed by atoms with Gasteiger partial charge < -0.3 is 4.74 Å². The van der Waals surface area contributed by atoms with Crippen LogP contribution in [-0.4, -0.2) is 25.6 Å². The number of hydrogen-bond donors (Lipinski definition) is 0. The van der Waals surface area contributed by atoms with Crippen LogP contribution in [0.4, 0.5) is 0 Å². The smallest absolute Gasteiger partial charge is 0.333 e. The van der Waals surface area contributed by atoms with E-state index in [9.17, 15) is 4.79 Å². The molecule has 0 spiro atoms. The van der Waals surface area contributed by atoms with Gasteiger partial charge in [0, 0.05) is 11.3 Å². The fourth-order valence-electron chi connectivity index (χ4n) is 3.22. The highest BCUT2D eigenvalue weighted by atomic mass is 32.4. The summed E-state index contributed by atoms with van der Waals surface area (Å²) in [4.78, 5) is 11.8. The zero-order valence-corrected chi connectivity index (χ0v) is 17.8. The van der Waals surface area contributed by atoms with E-state index in [1.165, 1.54) is 15.6 Å². The fourth-order valence-corrected chi connectivity index (χ4v) is 11.1. The summed E-state index contributed by atoms with van der Waals surface area (Å²) in [6, 6.07) is 32.1. The molecule has 3 rings (SSSR count). The number of hydrogen-bond acceptors (Lipinski definition) is 3. The predicted octanol–water partition coefficient (Wildman–Crippen LogP) is 3.51. The Bertz CT molecular complexity index is 814. The second-order valence-corrected chi connectivity index (χ2v) is 13.0. The van der Waals surface area contributed by atoms with Crippen LogP contribution in [0.5, 0.6) is 0 Å². The van der Waals surface area contributed by atoms with Crippen molar-refractivity contribution >= 4 is 40.0 Å². The second-order valence-electron chi connectivity index (χ2n) is 6.54. The van der Waals surface area contributed by atoms with Crippen molar-refractivity contribution in [3.63, 3.8) is 0 Å². The van der Waals surface area contributed by atoms with E-state index in [1.807, 2.05) is 11.2 Å². The maximum atomic E-state index is 11.8. The van der Waals surface area contributed by atoms with Gasteiger partial charge >= 0.3 is 5.97 Å². The molecule has 0 aromatic heterocycles. The lowest BCUT2D eigenvalue weighted by Gasteiger charge is -2.33. The number of carbonyl (C=O) groups is 1. The summed E-state index contributed by atoms with van der Waals surface area (Å²) < 4.78 is 5.37. The largest absolute Gasteiger partial charge is 0.461 e. The molecule has 0 heterocycles.